The minimum Gasteiger partial charge on any atom is -0.451 e. The number of carbonyl (C=O) groups excluding carboxylic acids is 4. The zero-order chi connectivity index (χ0) is 22.5. The Labute approximate surface area is 181 Å². The molecule has 0 spiro atoms. The standard InChI is InChI=1S/C24H26N2O5/c1-4-15(2)18-10-7-8-12-20(18)25-23(29)16(3)31-22(28)14-26-21(27)13-17-9-5-6-11-19(17)24(26)30/h5-12,15-16H,4,13-14H2,1-3H3,(H,25,29)/t15-,16+/m1/s1. The number of hydrogen-bond donors (Lipinski definition) is 1. The number of amides is 3. The minimum absolute atomic E-state index is 0.0393. The van der Waals surface area contributed by atoms with E-state index < -0.39 is 36.3 Å². The van der Waals surface area contributed by atoms with Crippen LogP contribution in [0, 0.1) is 0 Å². The van der Waals surface area contributed by atoms with E-state index in [0.717, 1.165) is 16.9 Å². The Morgan fingerprint density at radius 2 is 1.74 bits per heavy atom. The number of rotatable bonds is 7. The van der Waals surface area contributed by atoms with Crippen molar-refractivity contribution >= 4 is 29.4 Å². The largest absolute Gasteiger partial charge is 0.451 e. The second-order valence-electron chi connectivity index (χ2n) is 7.64. The van der Waals surface area contributed by atoms with Crippen LogP contribution in [0.15, 0.2) is 48.5 Å². The van der Waals surface area contributed by atoms with Crippen LogP contribution in [0.1, 0.15) is 54.6 Å². The first-order valence-corrected chi connectivity index (χ1v) is 10.3. The van der Waals surface area contributed by atoms with Crippen LogP contribution in [-0.4, -0.2) is 41.2 Å². The molecule has 1 aliphatic rings. The minimum atomic E-state index is -1.08. The second-order valence-corrected chi connectivity index (χ2v) is 7.64. The van der Waals surface area contributed by atoms with Crippen molar-refractivity contribution in [3.63, 3.8) is 0 Å². The van der Waals surface area contributed by atoms with Crippen LogP contribution in [0.5, 0.6) is 0 Å². The van der Waals surface area contributed by atoms with E-state index >= 15 is 0 Å². The van der Waals surface area contributed by atoms with Gasteiger partial charge in [0.1, 0.15) is 6.54 Å². The summed E-state index contributed by atoms with van der Waals surface area (Å²) >= 11 is 0. The van der Waals surface area contributed by atoms with E-state index in [1.807, 2.05) is 18.2 Å². The number of carbonyl (C=O) groups is 4. The van der Waals surface area contributed by atoms with E-state index in [9.17, 15) is 19.2 Å². The summed E-state index contributed by atoms with van der Waals surface area (Å²) < 4.78 is 5.20. The van der Waals surface area contributed by atoms with Crippen LogP contribution in [0.25, 0.3) is 0 Å². The quantitative estimate of drug-likeness (QED) is 0.546. The molecule has 0 bridgehead atoms. The fourth-order valence-corrected chi connectivity index (χ4v) is 3.47. The van der Waals surface area contributed by atoms with Crippen molar-refractivity contribution in [1.29, 1.82) is 0 Å². The van der Waals surface area contributed by atoms with Gasteiger partial charge >= 0.3 is 5.97 Å². The molecule has 31 heavy (non-hydrogen) atoms. The molecule has 1 N–H and O–H groups in total. The zero-order valence-corrected chi connectivity index (χ0v) is 17.9. The molecule has 7 nitrogen and oxygen atoms in total. The van der Waals surface area contributed by atoms with Crippen molar-refractivity contribution in [1.82, 2.24) is 4.90 Å². The Morgan fingerprint density at radius 1 is 1.06 bits per heavy atom. The molecule has 2 aromatic carbocycles. The smallest absolute Gasteiger partial charge is 0.326 e. The number of hydrogen-bond acceptors (Lipinski definition) is 5. The molecule has 0 radical (unpaired) electrons. The third-order valence-corrected chi connectivity index (χ3v) is 5.46. The Hall–Kier alpha value is -3.48. The van der Waals surface area contributed by atoms with E-state index in [0.29, 0.717) is 16.8 Å². The summed E-state index contributed by atoms with van der Waals surface area (Å²) in [7, 11) is 0. The van der Waals surface area contributed by atoms with Gasteiger partial charge in [-0.3, -0.25) is 24.1 Å². The summed E-state index contributed by atoms with van der Waals surface area (Å²) in [5, 5.41) is 2.80. The van der Waals surface area contributed by atoms with Crippen LogP contribution in [0.2, 0.25) is 0 Å². The predicted octanol–water partition coefficient (Wildman–Crippen LogP) is 3.30. The molecule has 0 saturated carbocycles. The molecule has 0 saturated heterocycles. The first kappa shape index (κ1) is 22.2. The molecular formula is C24H26N2O5. The van der Waals surface area contributed by atoms with E-state index in [2.05, 4.69) is 19.2 Å². The molecule has 0 aromatic heterocycles. The van der Waals surface area contributed by atoms with Crippen molar-refractivity contribution in [2.24, 2.45) is 0 Å². The molecule has 162 valence electrons. The fourth-order valence-electron chi connectivity index (χ4n) is 3.47. The predicted molar refractivity (Wildman–Crippen MR) is 116 cm³/mol. The topological polar surface area (TPSA) is 92.8 Å². The van der Waals surface area contributed by atoms with Crippen LogP contribution >= 0.6 is 0 Å². The Kier molecular flexibility index (Phi) is 6.84. The summed E-state index contributed by atoms with van der Waals surface area (Å²) in [5.74, 6) is -2.05. The highest BCUT2D eigenvalue weighted by molar-refractivity contribution is 6.11. The van der Waals surface area contributed by atoms with Gasteiger partial charge in [0.25, 0.3) is 11.8 Å². The summed E-state index contributed by atoms with van der Waals surface area (Å²) in [5.41, 5.74) is 2.69. The maximum absolute atomic E-state index is 12.6. The normalized spacial score (nSPS) is 15.1. The summed E-state index contributed by atoms with van der Waals surface area (Å²) in [6.07, 6.45) is -0.129. The molecular weight excluding hydrogens is 396 g/mol. The number of imide groups is 1. The Morgan fingerprint density at radius 3 is 2.48 bits per heavy atom. The maximum atomic E-state index is 12.6. The van der Waals surface area contributed by atoms with Crippen molar-refractivity contribution in [3.05, 3.63) is 65.2 Å². The average molecular weight is 422 g/mol. The van der Waals surface area contributed by atoms with Gasteiger partial charge in [0.15, 0.2) is 6.10 Å². The third kappa shape index (κ3) is 4.99. The number of para-hydroxylation sites is 1. The lowest BCUT2D eigenvalue weighted by Crippen LogP contribution is -2.46. The molecule has 1 heterocycles. The van der Waals surface area contributed by atoms with Crippen molar-refractivity contribution in [2.75, 3.05) is 11.9 Å². The monoisotopic (exact) mass is 422 g/mol. The number of anilines is 1. The molecule has 0 unspecified atom stereocenters. The number of fused-ring (bicyclic) bond motifs is 1. The number of nitrogens with zero attached hydrogens (tertiary/aromatic N) is 1. The first-order valence-electron chi connectivity index (χ1n) is 10.3. The van der Waals surface area contributed by atoms with Gasteiger partial charge in [-0.1, -0.05) is 50.2 Å². The van der Waals surface area contributed by atoms with Gasteiger partial charge in [-0.25, -0.2) is 0 Å². The van der Waals surface area contributed by atoms with Gasteiger partial charge in [-0.05, 0) is 42.5 Å². The van der Waals surface area contributed by atoms with Gasteiger partial charge in [-0.2, -0.15) is 0 Å². The third-order valence-electron chi connectivity index (χ3n) is 5.46. The van der Waals surface area contributed by atoms with E-state index in [4.69, 9.17) is 4.74 Å². The highest BCUT2D eigenvalue weighted by Gasteiger charge is 2.33. The molecule has 3 rings (SSSR count). The highest BCUT2D eigenvalue weighted by atomic mass is 16.5. The number of ether oxygens (including phenoxy) is 1. The second kappa shape index (κ2) is 9.55. The molecule has 2 atom stereocenters. The Bertz CT molecular complexity index is 1020. The van der Waals surface area contributed by atoms with Crippen molar-refractivity contribution in [2.45, 2.75) is 45.6 Å². The average Bonchev–Trinajstić information content (AvgIpc) is 2.76. The number of benzene rings is 2. The van der Waals surface area contributed by atoms with Crippen LogP contribution in [0.3, 0.4) is 0 Å². The van der Waals surface area contributed by atoms with Gasteiger partial charge in [0.2, 0.25) is 5.91 Å². The zero-order valence-electron chi connectivity index (χ0n) is 17.9. The fraction of sp³-hybridized carbons (Fsp3) is 0.333. The van der Waals surface area contributed by atoms with E-state index in [1.165, 1.54) is 6.92 Å². The summed E-state index contributed by atoms with van der Waals surface area (Å²) in [6.45, 7) is 5.05. The SMILES string of the molecule is CC[C@@H](C)c1ccccc1NC(=O)[C@H](C)OC(=O)CN1C(=O)Cc2ccccc2C1=O. The molecule has 1 aliphatic heterocycles. The van der Waals surface area contributed by atoms with Crippen LogP contribution in [-0.2, 0) is 25.5 Å². The highest BCUT2D eigenvalue weighted by Crippen LogP contribution is 2.26. The molecule has 0 fully saturated rings. The van der Waals surface area contributed by atoms with E-state index in [1.54, 1.807) is 30.3 Å². The molecule has 3 amide bonds. The van der Waals surface area contributed by atoms with Gasteiger partial charge in [0, 0.05) is 11.3 Å². The molecule has 0 aliphatic carbocycles. The van der Waals surface area contributed by atoms with Gasteiger partial charge in [0.05, 0.1) is 6.42 Å². The van der Waals surface area contributed by atoms with Gasteiger partial charge < -0.3 is 10.1 Å². The first-order chi connectivity index (χ1) is 14.8. The number of esters is 1. The van der Waals surface area contributed by atoms with Gasteiger partial charge in [-0.15, -0.1) is 0 Å². The van der Waals surface area contributed by atoms with Crippen molar-refractivity contribution in [3.8, 4) is 0 Å². The van der Waals surface area contributed by atoms with Crippen LogP contribution in [0.4, 0.5) is 5.69 Å². The lowest BCUT2D eigenvalue weighted by atomic mass is 9.97. The van der Waals surface area contributed by atoms with E-state index in [-0.39, 0.29) is 12.3 Å². The molecule has 2 aromatic rings. The van der Waals surface area contributed by atoms with Crippen LogP contribution < -0.4 is 5.32 Å². The maximum Gasteiger partial charge on any atom is 0.326 e. The molecule has 7 heteroatoms. The Balaban J connectivity index is 1.62. The number of nitrogens with one attached hydrogen (secondary N) is 1. The lowest BCUT2D eigenvalue weighted by Gasteiger charge is -2.26. The lowest BCUT2D eigenvalue weighted by molar-refractivity contribution is -0.155. The summed E-state index contributed by atoms with van der Waals surface area (Å²) in [6, 6.07) is 14.3. The summed E-state index contributed by atoms with van der Waals surface area (Å²) in [4.78, 5) is 50.7. The van der Waals surface area contributed by atoms with Crippen molar-refractivity contribution < 1.29 is 23.9 Å².